The fraction of sp³-hybridized carbons (Fsp3) is 0.548. The molecule has 2 aromatic rings. The molecule has 3 aliphatic rings. The molecule has 0 aromatic heterocycles. The van der Waals surface area contributed by atoms with E-state index in [4.69, 9.17) is 47.7 Å². The lowest BCUT2D eigenvalue weighted by Gasteiger charge is -2.26. The molecule has 3 saturated carbocycles. The summed E-state index contributed by atoms with van der Waals surface area (Å²) in [4.78, 5) is 83.2. The number of hydrogen-bond donors (Lipinski definition) is 0. The minimum Gasteiger partial charge on any atom is -0.485 e. The van der Waals surface area contributed by atoms with Crippen molar-refractivity contribution in [2.45, 2.75) is 192 Å². The molecule has 19 nitrogen and oxygen atoms in total. The number of unbranched alkanes of at least 4 members (excludes halogenated alkanes) is 7. The average Bonchev–Trinajstić information content (AvgIpc) is 1.68. The smallest absolute Gasteiger partial charge is 0.335 e. The molecule has 0 amide bonds. The number of carbonyl (C=O) groups is 6. The molecule has 19 heteroatoms. The van der Waals surface area contributed by atoms with Crippen molar-refractivity contribution in [3.8, 4) is 11.5 Å². The third-order valence-electron chi connectivity index (χ3n) is 15.3. The Balaban J connectivity index is -0.00000118. The normalized spacial score (nSPS) is 14.3. The van der Waals surface area contributed by atoms with E-state index >= 15 is 0 Å². The van der Waals surface area contributed by atoms with E-state index in [0.717, 1.165) is 54.1 Å². The van der Waals surface area contributed by atoms with Gasteiger partial charge in [-0.25, -0.2) is 38.5 Å². The number of carbonyl (C=O) groups excluding carboxylic acids is 7. The van der Waals surface area contributed by atoms with Gasteiger partial charge in [0.25, 0.3) is 0 Å². The first-order chi connectivity index (χ1) is 48.7. The van der Waals surface area contributed by atoms with Crippen molar-refractivity contribution >= 4 is 41.6 Å². The second kappa shape index (κ2) is 61.4. The zero-order valence-corrected chi connectivity index (χ0v) is 65.3. The summed E-state index contributed by atoms with van der Waals surface area (Å²) in [5.41, 5.74) is 7.45. The van der Waals surface area contributed by atoms with E-state index in [1.807, 2.05) is 64.1 Å². The van der Waals surface area contributed by atoms with Gasteiger partial charge in [-0.1, -0.05) is 159 Å². The first-order valence-corrected chi connectivity index (χ1v) is 35.5. The quantitative estimate of drug-likeness (QED) is 0.00695. The van der Waals surface area contributed by atoms with Crippen LogP contribution in [-0.2, 0) is 86.6 Å². The highest BCUT2D eigenvalue weighted by atomic mass is 17.2. The van der Waals surface area contributed by atoms with Crippen LogP contribution in [0.2, 0.25) is 0 Å². The van der Waals surface area contributed by atoms with Gasteiger partial charge in [0.05, 0.1) is 33.0 Å². The van der Waals surface area contributed by atoms with Crippen LogP contribution in [0, 0.1) is 23.7 Å². The highest BCUT2D eigenvalue weighted by Crippen LogP contribution is 2.58. The van der Waals surface area contributed by atoms with Crippen molar-refractivity contribution in [1.82, 2.24) is 0 Å². The molecule has 0 radical (unpaired) electrons. The van der Waals surface area contributed by atoms with E-state index in [1.165, 1.54) is 73.7 Å². The zero-order valence-electron chi connectivity index (χ0n) is 65.3. The number of ether oxygens (including phenoxy) is 10. The van der Waals surface area contributed by atoms with E-state index in [1.54, 1.807) is 93.9 Å². The Bertz CT molecular complexity index is 2880. The third-order valence-corrected chi connectivity index (χ3v) is 15.3. The van der Waals surface area contributed by atoms with E-state index < -0.39 is 11.9 Å². The van der Waals surface area contributed by atoms with Crippen LogP contribution in [0.15, 0.2) is 164 Å². The van der Waals surface area contributed by atoms with Crippen molar-refractivity contribution in [3.05, 3.63) is 176 Å². The fourth-order valence-electron chi connectivity index (χ4n) is 9.95. The minimum absolute atomic E-state index is 0.00954. The van der Waals surface area contributed by atoms with Crippen molar-refractivity contribution in [2.75, 3.05) is 86.3 Å². The van der Waals surface area contributed by atoms with Crippen LogP contribution < -0.4 is 9.47 Å². The molecule has 5 rings (SSSR count). The van der Waals surface area contributed by atoms with Gasteiger partial charge in [-0.15, -0.1) is 0 Å². The molecule has 0 spiro atoms. The monoisotopic (exact) mass is 1440 g/mol. The van der Waals surface area contributed by atoms with Gasteiger partial charge in [0.1, 0.15) is 37.3 Å². The second-order valence-electron chi connectivity index (χ2n) is 26.0. The first-order valence-electron chi connectivity index (χ1n) is 35.5. The van der Waals surface area contributed by atoms with Gasteiger partial charge in [-0.05, 0) is 199 Å². The van der Waals surface area contributed by atoms with Crippen LogP contribution in [0.4, 0.5) is 0 Å². The van der Waals surface area contributed by atoms with Crippen molar-refractivity contribution in [2.24, 2.45) is 23.7 Å². The Labute approximate surface area is 618 Å². The summed E-state index contributed by atoms with van der Waals surface area (Å²) in [7, 11) is 0. The summed E-state index contributed by atoms with van der Waals surface area (Å²) >= 11 is 0. The molecule has 578 valence electrons. The van der Waals surface area contributed by atoms with Crippen LogP contribution in [-0.4, -0.2) is 128 Å². The van der Waals surface area contributed by atoms with Crippen molar-refractivity contribution < 1.29 is 90.7 Å². The molecule has 4 atom stereocenters. The van der Waals surface area contributed by atoms with Gasteiger partial charge in [0.15, 0.2) is 26.0 Å². The first kappa shape index (κ1) is 99.1. The molecule has 0 heterocycles. The molecule has 3 aliphatic carbocycles. The van der Waals surface area contributed by atoms with Crippen LogP contribution in [0.5, 0.6) is 11.5 Å². The molecule has 4 unspecified atom stereocenters. The summed E-state index contributed by atoms with van der Waals surface area (Å²) in [5.74, 6) is 5.63. The SMILES string of the molecule is C1CC2C3CCC(C3)C2C1.C=C(C)C(=O)OCC.C=C(C)C(=O)OCC.C=C(C)C(=O)OCCCCCCCCCCOCC.C=C(C)COCOC(=O)C(=C)C.C=C(C)COCOc1ccc(C(C)(C)c2ccc(OCC(=O)C(=C)C)cc2)cc1.C=C(C)COOCCOC(=O)C(=C)C.C=C=O. The maximum Gasteiger partial charge on any atom is 0.335 e. The maximum atomic E-state index is 11.6. The molecule has 0 N–H and O–H groups in total. The molecule has 3 fully saturated rings. The van der Waals surface area contributed by atoms with E-state index in [9.17, 15) is 28.8 Å². The van der Waals surface area contributed by atoms with Crippen LogP contribution in [0.1, 0.15) is 198 Å². The number of esters is 5. The van der Waals surface area contributed by atoms with Gasteiger partial charge in [0.2, 0.25) is 0 Å². The molecule has 2 bridgehead atoms. The van der Waals surface area contributed by atoms with Gasteiger partial charge >= 0.3 is 29.8 Å². The summed E-state index contributed by atoms with van der Waals surface area (Å²) in [5, 5.41) is 0. The molecule has 0 saturated heterocycles. The number of hydrogen-bond acceptors (Lipinski definition) is 19. The number of rotatable bonds is 40. The standard InChI is InChI=1S/C25H30O4.C16H30O3.C10H16O4.C10H16.C9H14O3.2C6H10O2.C2H2O/c1-18(2)15-27-17-29-23-13-9-21(10-14-23)25(5,6)20-7-11-22(12-8-20)28-16-24(26)19(3)4;1-4-18-13-11-9-7-5-6-8-10-12-14-19-16(17)15(2)3;1-8(2)7-14-13-6-5-12-10(11)9(3)4;1-2-9-7-4-5-8(6-7)10(9)3-1;1-7(2)5-11-6-12-9(10)8(3)4;2*1-4-8-6(7)5(2)3;1-2-3/h7-14H,1,3,15-17H2,2,4-6H3;2,4-14H2,1,3H3;1,3,5-7H2,2,4H3;7-10H,1-6H2;1,3,5-6H2,2,4H3;2*2,4H2,1,3H3;1H2. The lowest BCUT2D eigenvalue weighted by atomic mass is 9.78. The Morgan fingerprint density at radius 1 is 0.408 bits per heavy atom. The number of fused-ring (bicyclic) bond motifs is 5. The Morgan fingerprint density at radius 2 is 0.777 bits per heavy atom. The van der Waals surface area contributed by atoms with E-state index in [2.05, 4.69) is 106 Å². The molecule has 2 aromatic carbocycles. The molecular formula is C84H128O19. The van der Waals surface area contributed by atoms with Crippen molar-refractivity contribution in [1.29, 1.82) is 0 Å². The number of Topliss-reactive ketones (excluding diaryl/α,β-unsaturated/α-hetero) is 1. The Morgan fingerprint density at radius 3 is 1.16 bits per heavy atom. The van der Waals surface area contributed by atoms with E-state index in [-0.39, 0.29) is 62.5 Å². The predicted octanol–water partition coefficient (Wildman–Crippen LogP) is 18.1. The average molecular weight is 1440 g/mol. The summed E-state index contributed by atoms with van der Waals surface area (Å²) < 4.78 is 50.3. The Kier molecular flexibility index (Phi) is 59.1. The van der Waals surface area contributed by atoms with Gasteiger partial charge in [0, 0.05) is 46.5 Å². The van der Waals surface area contributed by atoms with Crippen LogP contribution in [0.25, 0.3) is 0 Å². The van der Waals surface area contributed by atoms with Crippen molar-refractivity contribution in [3.63, 3.8) is 0 Å². The predicted molar refractivity (Wildman–Crippen MR) is 411 cm³/mol. The third kappa shape index (κ3) is 52.6. The maximum absolute atomic E-state index is 11.6. The highest BCUT2D eigenvalue weighted by molar-refractivity contribution is 5.95. The minimum atomic E-state index is -0.434. The van der Waals surface area contributed by atoms with E-state index in [0.29, 0.717) is 78.8 Å². The lowest BCUT2D eigenvalue weighted by molar-refractivity contribution is -0.291. The summed E-state index contributed by atoms with van der Waals surface area (Å²) in [6.07, 6.45) is 19.2. The zero-order chi connectivity index (χ0) is 78.7. The fourth-order valence-corrected chi connectivity index (χ4v) is 9.95. The molecule has 0 aliphatic heterocycles. The molecular weight excluding hydrogens is 1310 g/mol. The summed E-state index contributed by atoms with van der Waals surface area (Å²) in [6.45, 7) is 64.7. The number of ketones is 1. The van der Waals surface area contributed by atoms with Crippen LogP contribution >= 0.6 is 0 Å². The summed E-state index contributed by atoms with van der Waals surface area (Å²) in [6, 6.07) is 15.8. The van der Waals surface area contributed by atoms with Gasteiger partial charge < -0.3 is 47.4 Å². The van der Waals surface area contributed by atoms with Crippen LogP contribution in [0.3, 0.4) is 0 Å². The lowest BCUT2D eigenvalue weighted by Crippen LogP contribution is -2.19. The topological polar surface area (TPSA) is 230 Å². The second-order valence-corrected chi connectivity index (χ2v) is 26.0. The Hall–Kier alpha value is -8.03. The van der Waals surface area contributed by atoms with Gasteiger partial charge in [-0.3, -0.25) is 4.79 Å². The largest absolute Gasteiger partial charge is 0.485 e. The number of benzene rings is 2. The highest BCUT2D eigenvalue weighted by Gasteiger charge is 2.48. The molecule has 103 heavy (non-hydrogen) atoms. The van der Waals surface area contributed by atoms with Gasteiger partial charge in [-0.2, -0.15) is 0 Å².